The summed E-state index contributed by atoms with van der Waals surface area (Å²) in [6.07, 6.45) is 3.96. The van der Waals surface area contributed by atoms with Crippen LogP contribution in [0.1, 0.15) is 37.3 Å². The maximum absolute atomic E-state index is 11.6. The average Bonchev–Trinajstić information content (AvgIpc) is 2.73. The lowest BCUT2D eigenvalue weighted by molar-refractivity contribution is -0.116. The predicted molar refractivity (Wildman–Crippen MR) is 68.0 cm³/mol. The topological polar surface area (TPSA) is 49.3 Å². The molecule has 0 aromatic heterocycles. The smallest absolute Gasteiger partial charge is 0.224 e. The lowest BCUT2D eigenvalue weighted by Gasteiger charge is -2.08. The predicted octanol–water partition coefficient (Wildman–Crippen LogP) is 2.27. The normalized spacial score (nSPS) is 15.4. The van der Waals surface area contributed by atoms with E-state index in [2.05, 4.69) is 17.4 Å². The van der Waals surface area contributed by atoms with Crippen molar-refractivity contribution in [2.45, 2.75) is 45.1 Å². The molecule has 0 spiro atoms. The second-order valence-electron chi connectivity index (χ2n) is 4.77. The van der Waals surface area contributed by atoms with Crippen LogP contribution in [-0.2, 0) is 17.6 Å². The first-order valence-electron chi connectivity index (χ1n) is 6.25. The molecule has 1 aromatic rings. The monoisotopic (exact) mass is 233 g/mol. The summed E-state index contributed by atoms with van der Waals surface area (Å²) in [5.74, 6) is -0.0242. The van der Waals surface area contributed by atoms with Gasteiger partial charge in [-0.15, -0.1) is 0 Å². The Morgan fingerprint density at radius 2 is 2.18 bits per heavy atom. The number of aliphatic hydroxyl groups is 1. The molecule has 92 valence electrons. The Bertz CT molecular complexity index is 413. The van der Waals surface area contributed by atoms with Gasteiger partial charge in [-0.25, -0.2) is 0 Å². The molecule has 1 amide bonds. The lowest BCUT2D eigenvalue weighted by atomic mass is 10.1. The van der Waals surface area contributed by atoms with E-state index >= 15 is 0 Å². The van der Waals surface area contributed by atoms with E-state index in [0.717, 1.165) is 18.5 Å². The number of fused-ring (bicyclic) bond motifs is 1. The summed E-state index contributed by atoms with van der Waals surface area (Å²) in [6.45, 7) is 1.70. The van der Waals surface area contributed by atoms with Gasteiger partial charge in [0.25, 0.3) is 0 Å². The second kappa shape index (κ2) is 5.32. The van der Waals surface area contributed by atoms with E-state index in [9.17, 15) is 4.79 Å². The maximum atomic E-state index is 11.6. The standard InChI is InChI=1S/C14H19NO2/c1-10(16)5-8-14(17)15-13-7-6-11-3-2-4-12(11)9-13/h6-7,9-10,16H,2-5,8H2,1H3,(H,15,17). The highest BCUT2D eigenvalue weighted by Gasteiger charge is 2.11. The lowest BCUT2D eigenvalue weighted by Crippen LogP contribution is -2.14. The third kappa shape index (κ3) is 3.30. The second-order valence-corrected chi connectivity index (χ2v) is 4.77. The highest BCUT2D eigenvalue weighted by molar-refractivity contribution is 5.90. The fourth-order valence-corrected chi connectivity index (χ4v) is 2.21. The van der Waals surface area contributed by atoms with Crippen molar-refractivity contribution in [2.75, 3.05) is 5.32 Å². The Hall–Kier alpha value is -1.35. The van der Waals surface area contributed by atoms with Gasteiger partial charge in [-0.3, -0.25) is 4.79 Å². The summed E-state index contributed by atoms with van der Waals surface area (Å²) >= 11 is 0. The molecular weight excluding hydrogens is 214 g/mol. The molecule has 17 heavy (non-hydrogen) atoms. The van der Waals surface area contributed by atoms with Gasteiger partial charge >= 0.3 is 0 Å². The zero-order chi connectivity index (χ0) is 12.3. The van der Waals surface area contributed by atoms with Crippen molar-refractivity contribution in [1.29, 1.82) is 0 Å². The minimum atomic E-state index is -0.416. The van der Waals surface area contributed by atoms with Gasteiger partial charge in [-0.1, -0.05) is 6.07 Å². The van der Waals surface area contributed by atoms with Gasteiger partial charge in [0.05, 0.1) is 6.10 Å². The van der Waals surface area contributed by atoms with E-state index in [1.165, 1.54) is 17.5 Å². The number of rotatable bonds is 4. The number of aliphatic hydroxyl groups excluding tert-OH is 1. The van der Waals surface area contributed by atoms with Crippen molar-refractivity contribution in [1.82, 2.24) is 0 Å². The van der Waals surface area contributed by atoms with Gasteiger partial charge in [0.1, 0.15) is 0 Å². The number of benzene rings is 1. The zero-order valence-electron chi connectivity index (χ0n) is 10.2. The number of anilines is 1. The van der Waals surface area contributed by atoms with E-state index in [1.54, 1.807) is 6.92 Å². The largest absolute Gasteiger partial charge is 0.393 e. The minimum absolute atomic E-state index is 0.0242. The number of amides is 1. The number of hydrogen-bond acceptors (Lipinski definition) is 2. The molecular formula is C14H19NO2. The molecule has 3 heteroatoms. The molecule has 2 N–H and O–H groups in total. The molecule has 3 nitrogen and oxygen atoms in total. The Labute approximate surface area is 102 Å². The molecule has 1 unspecified atom stereocenters. The highest BCUT2D eigenvalue weighted by Crippen LogP contribution is 2.24. The Balaban J connectivity index is 1.92. The number of nitrogens with one attached hydrogen (secondary N) is 1. The molecule has 0 saturated heterocycles. The van der Waals surface area contributed by atoms with Crippen LogP contribution in [0.2, 0.25) is 0 Å². The summed E-state index contributed by atoms with van der Waals surface area (Å²) in [5, 5.41) is 12.0. The maximum Gasteiger partial charge on any atom is 0.224 e. The molecule has 1 aliphatic rings. The van der Waals surface area contributed by atoms with Crippen molar-refractivity contribution >= 4 is 11.6 Å². The van der Waals surface area contributed by atoms with Crippen molar-refractivity contribution in [3.8, 4) is 0 Å². The first-order valence-corrected chi connectivity index (χ1v) is 6.25. The van der Waals surface area contributed by atoms with Gasteiger partial charge in [-0.2, -0.15) is 0 Å². The first kappa shape index (κ1) is 12.1. The van der Waals surface area contributed by atoms with Crippen LogP contribution in [-0.4, -0.2) is 17.1 Å². The fourth-order valence-electron chi connectivity index (χ4n) is 2.21. The van der Waals surface area contributed by atoms with E-state index in [0.29, 0.717) is 12.8 Å². The van der Waals surface area contributed by atoms with Crippen molar-refractivity contribution in [3.63, 3.8) is 0 Å². The minimum Gasteiger partial charge on any atom is -0.393 e. The van der Waals surface area contributed by atoms with Crippen LogP contribution in [0.3, 0.4) is 0 Å². The average molecular weight is 233 g/mol. The van der Waals surface area contributed by atoms with Gasteiger partial charge in [0.15, 0.2) is 0 Å². The summed E-state index contributed by atoms with van der Waals surface area (Å²) in [7, 11) is 0. The van der Waals surface area contributed by atoms with E-state index in [4.69, 9.17) is 5.11 Å². The van der Waals surface area contributed by atoms with Gasteiger partial charge in [0.2, 0.25) is 5.91 Å². The summed E-state index contributed by atoms with van der Waals surface area (Å²) in [5.41, 5.74) is 3.64. The van der Waals surface area contributed by atoms with E-state index in [1.807, 2.05) is 6.07 Å². The third-order valence-electron chi connectivity index (χ3n) is 3.17. The molecule has 0 fully saturated rings. The van der Waals surface area contributed by atoms with Crippen LogP contribution in [0.4, 0.5) is 5.69 Å². The van der Waals surface area contributed by atoms with E-state index in [-0.39, 0.29) is 5.91 Å². The van der Waals surface area contributed by atoms with Crippen LogP contribution in [0.15, 0.2) is 18.2 Å². The van der Waals surface area contributed by atoms with Gasteiger partial charge < -0.3 is 10.4 Å². The SMILES string of the molecule is CC(O)CCC(=O)Nc1ccc2c(c1)CCC2. The molecule has 1 aliphatic carbocycles. The van der Waals surface area contributed by atoms with Crippen molar-refractivity contribution in [2.24, 2.45) is 0 Å². The summed E-state index contributed by atoms with van der Waals surface area (Å²) in [6, 6.07) is 6.14. The van der Waals surface area contributed by atoms with E-state index < -0.39 is 6.10 Å². The molecule has 0 heterocycles. The zero-order valence-corrected chi connectivity index (χ0v) is 10.2. The third-order valence-corrected chi connectivity index (χ3v) is 3.17. The highest BCUT2D eigenvalue weighted by atomic mass is 16.3. The number of aryl methyl sites for hydroxylation is 2. The van der Waals surface area contributed by atoms with Crippen LogP contribution >= 0.6 is 0 Å². The summed E-state index contributed by atoms with van der Waals surface area (Å²) in [4.78, 5) is 11.6. The van der Waals surface area contributed by atoms with Gasteiger partial charge in [0, 0.05) is 12.1 Å². The number of hydrogen-bond donors (Lipinski definition) is 2. The molecule has 2 rings (SSSR count). The van der Waals surface area contributed by atoms with Crippen LogP contribution in [0.25, 0.3) is 0 Å². The van der Waals surface area contributed by atoms with Crippen LogP contribution in [0, 0.1) is 0 Å². The summed E-state index contributed by atoms with van der Waals surface area (Å²) < 4.78 is 0. The van der Waals surface area contributed by atoms with Crippen LogP contribution in [0.5, 0.6) is 0 Å². The molecule has 0 aliphatic heterocycles. The quantitative estimate of drug-likeness (QED) is 0.838. The van der Waals surface area contributed by atoms with Crippen molar-refractivity contribution < 1.29 is 9.90 Å². The Morgan fingerprint density at radius 3 is 2.94 bits per heavy atom. The van der Waals surface area contributed by atoms with Crippen LogP contribution < -0.4 is 5.32 Å². The molecule has 1 atom stereocenters. The van der Waals surface area contributed by atoms with Crippen molar-refractivity contribution in [3.05, 3.63) is 29.3 Å². The molecule has 1 aromatic carbocycles. The number of carbonyl (C=O) groups is 1. The fraction of sp³-hybridized carbons (Fsp3) is 0.500. The van der Waals surface area contributed by atoms with Gasteiger partial charge in [-0.05, 0) is 55.9 Å². The molecule has 0 saturated carbocycles. The Morgan fingerprint density at radius 1 is 1.41 bits per heavy atom. The Kier molecular flexibility index (Phi) is 3.79. The first-order chi connectivity index (χ1) is 8.15. The molecule has 0 radical (unpaired) electrons. The molecule has 0 bridgehead atoms. The number of carbonyl (C=O) groups excluding carboxylic acids is 1.